The van der Waals surface area contributed by atoms with Crippen LogP contribution in [0.25, 0.3) is 10.9 Å². The number of pyridine rings is 1. The molecule has 0 spiro atoms. The van der Waals surface area contributed by atoms with E-state index < -0.39 is 5.60 Å². The number of carbonyl (C=O) groups is 1. The molecule has 1 fully saturated rings. The van der Waals surface area contributed by atoms with Gasteiger partial charge in [0.25, 0.3) is 0 Å². The van der Waals surface area contributed by atoms with Crippen molar-refractivity contribution in [1.82, 2.24) is 9.88 Å². The molecular weight excluding hydrogens is 366 g/mol. The van der Waals surface area contributed by atoms with Gasteiger partial charge in [-0.2, -0.15) is 0 Å². The molecular formula is C23H31N3O3. The number of aryl methyl sites for hydroxylation is 1. The van der Waals surface area contributed by atoms with Crippen molar-refractivity contribution in [2.45, 2.75) is 52.1 Å². The largest absolute Gasteiger partial charge is 0.508 e. The van der Waals surface area contributed by atoms with Crippen LogP contribution in [0.3, 0.4) is 0 Å². The van der Waals surface area contributed by atoms with Crippen LogP contribution in [0.5, 0.6) is 5.75 Å². The van der Waals surface area contributed by atoms with E-state index in [4.69, 9.17) is 4.74 Å². The second-order valence-electron chi connectivity index (χ2n) is 9.29. The average molecular weight is 398 g/mol. The fraction of sp³-hybridized carbons (Fsp3) is 0.565. The molecule has 6 heteroatoms. The summed E-state index contributed by atoms with van der Waals surface area (Å²) >= 11 is 0. The molecule has 0 saturated carbocycles. The molecule has 2 aliphatic heterocycles. The van der Waals surface area contributed by atoms with Crippen molar-refractivity contribution >= 4 is 22.7 Å². The number of phenolic OH excluding ortho intramolecular Hbond substituents is 1. The second kappa shape index (κ2) is 7.73. The number of aromatic hydroxyl groups is 1. The minimum absolute atomic E-state index is 0.202. The molecule has 29 heavy (non-hydrogen) atoms. The number of likely N-dealkylation sites (tertiary alicyclic amines) is 1. The van der Waals surface area contributed by atoms with Gasteiger partial charge in [0.15, 0.2) is 0 Å². The van der Waals surface area contributed by atoms with E-state index in [9.17, 15) is 9.90 Å². The van der Waals surface area contributed by atoms with E-state index >= 15 is 0 Å². The molecule has 1 aromatic carbocycles. The topological polar surface area (TPSA) is 65.9 Å². The molecule has 2 aliphatic rings. The normalized spacial score (nSPS) is 18.0. The Balaban J connectivity index is 1.46. The van der Waals surface area contributed by atoms with E-state index in [0.717, 1.165) is 62.8 Å². The van der Waals surface area contributed by atoms with Crippen molar-refractivity contribution in [2.75, 3.05) is 31.1 Å². The van der Waals surface area contributed by atoms with Gasteiger partial charge in [0, 0.05) is 37.8 Å². The quantitative estimate of drug-likeness (QED) is 0.817. The van der Waals surface area contributed by atoms with Gasteiger partial charge in [0.2, 0.25) is 0 Å². The van der Waals surface area contributed by atoms with E-state index in [1.165, 1.54) is 11.3 Å². The van der Waals surface area contributed by atoms with E-state index in [2.05, 4.69) is 9.88 Å². The third-order valence-corrected chi connectivity index (χ3v) is 5.83. The lowest BCUT2D eigenvalue weighted by atomic mass is 9.93. The van der Waals surface area contributed by atoms with Gasteiger partial charge in [-0.1, -0.05) is 0 Å². The molecule has 0 aliphatic carbocycles. The number of nitrogens with zero attached hydrogens (tertiary/aromatic N) is 3. The molecule has 4 rings (SSSR count). The Labute approximate surface area is 172 Å². The minimum atomic E-state index is -0.452. The number of piperidine rings is 1. The first-order valence-electron chi connectivity index (χ1n) is 10.6. The van der Waals surface area contributed by atoms with Crippen LogP contribution in [0.4, 0.5) is 10.5 Å². The zero-order valence-electron chi connectivity index (χ0n) is 17.6. The number of ether oxygens (including phenoxy) is 1. The van der Waals surface area contributed by atoms with Crippen LogP contribution in [0, 0.1) is 5.92 Å². The van der Waals surface area contributed by atoms with Crippen LogP contribution in [-0.2, 0) is 11.2 Å². The lowest BCUT2D eigenvalue weighted by molar-refractivity contribution is 0.0186. The summed E-state index contributed by atoms with van der Waals surface area (Å²) in [6, 6.07) is 5.42. The van der Waals surface area contributed by atoms with Gasteiger partial charge in [-0.3, -0.25) is 4.98 Å². The first kappa shape index (κ1) is 19.8. The Kier molecular flexibility index (Phi) is 5.28. The smallest absolute Gasteiger partial charge is 0.410 e. The van der Waals surface area contributed by atoms with Gasteiger partial charge in [0.05, 0.1) is 11.2 Å². The number of amides is 1. The Morgan fingerprint density at radius 2 is 2.00 bits per heavy atom. The molecule has 1 N–H and O–H groups in total. The zero-order chi connectivity index (χ0) is 20.6. The third kappa shape index (κ3) is 4.41. The molecule has 156 valence electrons. The summed E-state index contributed by atoms with van der Waals surface area (Å²) in [5, 5.41) is 11.0. The lowest BCUT2D eigenvalue weighted by Gasteiger charge is -2.38. The number of phenols is 1. The number of aromatic nitrogens is 1. The fourth-order valence-corrected chi connectivity index (χ4v) is 4.46. The van der Waals surface area contributed by atoms with Gasteiger partial charge in [-0.25, -0.2) is 4.79 Å². The van der Waals surface area contributed by atoms with Crippen LogP contribution in [0.1, 0.15) is 45.6 Å². The van der Waals surface area contributed by atoms with E-state index in [1.54, 1.807) is 6.07 Å². The molecule has 3 heterocycles. The molecule has 6 nitrogen and oxygen atoms in total. The summed E-state index contributed by atoms with van der Waals surface area (Å²) in [7, 11) is 0. The highest BCUT2D eigenvalue weighted by Crippen LogP contribution is 2.36. The molecule has 1 amide bonds. The van der Waals surface area contributed by atoms with Crippen LogP contribution in [0.2, 0.25) is 0 Å². The SMILES string of the molecule is CC(C)(C)OC(=O)N1CCC(CN2CCCc3cnc4ccc(O)cc4c32)CC1. The van der Waals surface area contributed by atoms with E-state index in [1.807, 2.05) is 44.0 Å². The van der Waals surface area contributed by atoms with Crippen LogP contribution in [0.15, 0.2) is 24.4 Å². The lowest BCUT2D eigenvalue weighted by Crippen LogP contribution is -2.44. The number of carbonyl (C=O) groups excluding carboxylic acids is 1. The summed E-state index contributed by atoms with van der Waals surface area (Å²) in [4.78, 5) is 21.2. The Morgan fingerprint density at radius 1 is 1.24 bits per heavy atom. The first-order valence-corrected chi connectivity index (χ1v) is 10.6. The van der Waals surface area contributed by atoms with Gasteiger partial charge in [0.1, 0.15) is 11.4 Å². The molecule has 0 atom stereocenters. The summed E-state index contributed by atoms with van der Waals surface area (Å²) in [5.41, 5.74) is 2.96. The van der Waals surface area contributed by atoms with Crippen LogP contribution >= 0.6 is 0 Å². The standard InChI is InChI=1S/C23H31N3O3/c1-23(2,3)29-22(28)25-11-8-16(9-12-25)15-26-10-4-5-17-14-24-20-7-6-18(27)13-19(20)21(17)26/h6-7,13-14,16,27H,4-5,8-12,15H2,1-3H3. The van der Waals surface area contributed by atoms with Crippen LogP contribution < -0.4 is 4.90 Å². The highest BCUT2D eigenvalue weighted by Gasteiger charge is 2.29. The Morgan fingerprint density at radius 3 is 2.72 bits per heavy atom. The van der Waals surface area contributed by atoms with Crippen molar-refractivity contribution in [2.24, 2.45) is 5.92 Å². The number of benzene rings is 1. The maximum absolute atomic E-state index is 12.3. The molecule has 1 aromatic heterocycles. The Hall–Kier alpha value is -2.50. The second-order valence-corrected chi connectivity index (χ2v) is 9.29. The van der Waals surface area contributed by atoms with Gasteiger partial charge in [-0.05, 0) is 76.1 Å². The number of hydrogen-bond acceptors (Lipinski definition) is 5. The minimum Gasteiger partial charge on any atom is -0.508 e. The van der Waals surface area contributed by atoms with Crippen LogP contribution in [-0.4, -0.2) is 52.9 Å². The summed E-state index contributed by atoms with van der Waals surface area (Å²) in [6.45, 7) is 9.21. The maximum Gasteiger partial charge on any atom is 0.410 e. The van der Waals surface area contributed by atoms with Crippen molar-refractivity contribution in [1.29, 1.82) is 0 Å². The molecule has 0 unspecified atom stereocenters. The van der Waals surface area contributed by atoms with E-state index in [0.29, 0.717) is 5.92 Å². The summed E-state index contributed by atoms with van der Waals surface area (Å²) in [5.74, 6) is 0.823. The molecule has 0 radical (unpaired) electrons. The van der Waals surface area contributed by atoms with Gasteiger partial charge >= 0.3 is 6.09 Å². The maximum atomic E-state index is 12.3. The highest BCUT2D eigenvalue weighted by molar-refractivity contribution is 5.94. The summed E-state index contributed by atoms with van der Waals surface area (Å²) in [6.07, 6.45) is 5.91. The van der Waals surface area contributed by atoms with Crippen molar-refractivity contribution in [3.63, 3.8) is 0 Å². The molecule has 1 saturated heterocycles. The molecule has 2 aromatic rings. The Bertz CT molecular complexity index is 898. The zero-order valence-corrected chi connectivity index (χ0v) is 17.6. The average Bonchev–Trinajstić information content (AvgIpc) is 2.67. The summed E-state index contributed by atoms with van der Waals surface area (Å²) < 4.78 is 5.51. The number of anilines is 1. The van der Waals surface area contributed by atoms with Gasteiger partial charge < -0.3 is 19.6 Å². The third-order valence-electron chi connectivity index (χ3n) is 5.83. The highest BCUT2D eigenvalue weighted by atomic mass is 16.6. The number of rotatable bonds is 2. The fourth-order valence-electron chi connectivity index (χ4n) is 4.46. The van der Waals surface area contributed by atoms with Crippen molar-refractivity contribution < 1.29 is 14.6 Å². The number of fused-ring (bicyclic) bond motifs is 3. The van der Waals surface area contributed by atoms with Gasteiger partial charge in [-0.15, -0.1) is 0 Å². The van der Waals surface area contributed by atoms with E-state index in [-0.39, 0.29) is 11.8 Å². The van der Waals surface area contributed by atoms with Crippen molar-refractivity contribution in [3.05, 3.63) is 30.0 Å². The monoisotopic (exact) mass is 397 g/mol. The predicted molar refractivity (Wildman–Crippen MR) is 114 cm³/mol. The predicted octanol–water partition coefficient (Wildman–Crippen LogP) is 4.34. The first-order chi connectivity index (χ1) is 13.8. The molecule has 0 bridgehead atoms. The van der Waals surface area contributed by atoms with Crippen molar-refractivity contribution in [3.8, 4) is 5.75 Å². The number of hydrogen-bond donors (Lipinski definition) is 1.